The number of anilines is 1. The lowest BCUT2D eigenvalue weighted by Gasteiger charge is -2.22. The van der Waals surface area contributed by atoms with Crippen LogP contribution in [0.2, 0.25) is 0 Å². The summed E-state index contributed by atoms with van der Waals surface area (Å²) >= 11 is 0. The van der Waals surface area contributed by atoms with Crippen molar-refractivity contribution in [2.75, 3.05) is 5.32 Å². The molecular formula is C20H25N3O2. The minimum absolute atomic E-state index is 0.106. The summed E-state index contributed by atoms with van der Waals surface area (Å²) in [5.41, 5.74) is 4.41. The van der Waals surface area contributed by atoms with E-state index in [1.807, 2.05) is 65.0 Å². The van der Waals surface area contributed by atoms with Crippen molar-refractivity contribution >= 4 is 17.5 Å². The van der Waals surface area contributed by atoms with Crippen molar-refractivity contribution in [2.45, 2.75) is 40.7 Å². The number of aromatic nitrogens is 1. The first-order valence-corrected chi connectivity index (χ1v) is 8.40. The van der Waals surface area contributed by atoms with E-state index in [2.05, 4.69) is 15.6 Å². The van der Waals surface area contributed by atoms with Gasteiger partial charge in [0.15, 0.2) is 0 Å². The smallest absolute Gasteiger partial charge is 0.313 e. The summed E-state index contributed by atoms with van der Waals surface area (Å²) in [6, 6.07) is 9.16. The Bertz CT molecular complexity index is 747. The molecule has 5 heteroatoms. The molecule has 1 aromatic carbocycles. The lowest BCUT2D eigenvalue weighted by Crippen LogP contribution is -2.40. The summed E-state index contributed by atoms with van der Waals surface area (Å²) in [5, 5.41) is 5.52. The highest BCUT2D eigenvalue weighted by molar-refractivity contribution is 6.39. The molecule has 0 fully saturated rings. The van der Waals surface area contributed by atoms with Crippen LogP contribution < -0.4 is 10.6 Å². The lowest BCUT2D eigenvalue weighted by atomic mass is 10.00. The van der Waals surface area contributed by atoms with Crippen molar-refractivity contribution in [3.05, 3.63) is 58.9 Å². The minimum Gasteiger partial charge on any atom is -0.339 e. The van der Waals surface area contributed by atoms with Crippen molar-refractivity contribution in [1.29, 1.82) is 0 Å². The SMILES string of the molecule is Cc1cc(C)c(NC(=O)C(=O)N[C@H](c2ccccn2)C(C)C)c(C)c1. The zero-order valence-corrected chi connectivity index (χ0v) is 15.4. The highest BCUT2D eigenvalue weighted by atomic mass is 16.2. The predicted molar refractivity (Wildman–Crippen MR) is 99.2 cm³/mol. The van der Waals surface area contributed by atoms with Crippen molar-refractivity contribution in [3.8, 4) is 0 Å². The minimum atomic E-state index is -0.670. The zero-order valence-electron chi connectivity index (χ0n) is 15.4. The maximum atomic E-state index is 12.4. The van der Waals surface area contributed by atoms with Gasteiger partial charge in [-0.2, -0.15) is 0 Å². The number of nitrogens with zero attached hydrogens (tertiary/aromatic N) is 1. The molecule has 2 rings (SSSR count). The van der Waals surface area contributed by atoms with E-state index in [0.717, 1.165) is 22.4 Å². The van der Waals surface area contributed by atoms with Crippen LogP contribution in [0.15, 0.2) is 36.5 Å². The highest BCUT2D eigenvalue weighted by Crippen LogP contribution is 2.22. The standard InChI is InChI=1S/C20H25N3O2/c1-12(2)17(16-8-6-7-9-21-16)22-19(24)20(25)23-18-14(4)10-13(3)11-15(18)5/h6-12,17H,1-5H3,(H,22,24)(H,23,25)/t17-/m0/s1. The van der Waals surface area contributed by atoms with E-state index in [1.165, 1.54) is 0 Å². The Morgan fingerprint density at radius 2 is 1.64 bits per heavy atom. The van der Waals surface area contributed by atoms with Crippen LogP contribution in [0, 0.1) is 26.7 Å². The normalized spacial score (nSPS) is 11.9. The average Bonchev–Trinajstić information content (AvgIpc) is 2.55. The number of pyridine rings is 1. The van der Waals surface area contributed by atoms with E-state index in [4.69, 9.17) is 0 Å². The summed E-state index contributed by atoms with van der Waals surface area (Å²) in [7, 11) is 0. The Balaban J connectivity index is 2.13. The van der Waals surface area contributed by atoms with Gasteiger partial charge in [-0.05, 0) is 49.9 Å². The summed E-state index contributed by atoms with van der Waals surface area (Å²) in [4.78, 5) is 29.0. The zero-order chi connectivity index (χ0) is 18.6. The molecule has 2 amide bonds. The number of amides is 2. The van der Waals surface area contributed by atoms with Gasteiger partial charge in [0.25, 0.3) is 0 Å². The molecule has 0 saturated heterocycles. The number of hydrogen-bond acceptors (Lipinski definition) is 3. The fraction of sp³-hybridized carbons (Fsp3) is 0.350. The Labute approximate surface area is 148 Å². The fourth-order valence-electron chi connectivity index (χ4n) is 2.90. The maximum absolute atomic E-state index is 12.4. The van der Waals surface area contributed by atoms with Crippen LogP contribution in [0.1, 0.15) is 42.3 Å². The van der Waals surface area contributed by atoms with Gasteiger partial charge in [-0.1, -0.05) is 37.6 Å². The summed E-state index contributed by atoms with van der Waals surface area (Å²) in [5.74, 6) is -1.23. The fourth-order valence-corrected chi connectivity index (χ4v) is 2.90. The molecule has 0 saturated carbocycles. The summed E-state index contributed by atoms with van der Waals surface area (Å²) in [6.45, 7) is 9.78. The average molecular weight is 339 g/mol. The third-order valence-corrected chi connectivity index (χ3v) is 4.08. The quantitative estimate of drug-likeness (QED) is 0.838. The van der Waals surface area contributed by atoms with Crippen LogP contribution in [-0.4, -0.2) is 16.8 Å². The second-order valence-electron chi connectivity index (χ2n) is 6.68. The second kappa shape index (κ2) is 7.92. The Morgan fingerprint density at radius 3 is 2.16 bits per heavy atom. The predicted octanol–water partition coefficient (Wildman–Crippen LogP) is 3.46. The first-order chi connectivity index (χ1) is 11.8. The van der Waals surface area contributed by atoms with Crippen molar-refractivity contribution in [1.82, 2.24) is 10.3 Å². The van der Waals surface area contributed by atoms with Gasteiger partial charge in [0.05, 0.1) is 11.7 Å². The Morgan fingerprint density at radius 1 is 1.00 bits per heavy atom. The molecule has 0 radical (unpaired) electrons. The maximum Gasteiger partial charge on any atom is 0.313 e. The lowest BCUT2D eigenvalue weighted by molar-refractivity contribution is -0.136. The van der Waals surface area contributed by atoms with Crippen LogP contribution in [0.3, 0.4) is 0 Å². The molecule has 0 spiro atoms. The molecule has 0 bridgehead atoms. The van der Waals surface area contributed by atoms with Crippen LogP contribution in [0.25, 0.3) is 0 Å². The number of rotatable bonds is 4. The van der Waals surface area contributed by atoms with Gasteiger partial charge < -0.3 is 10.6 Å². The third-order valence-electron chi connectivity index (χ3n) is 4.08. The van der Waals surface area contributed by atoms with Gasteiger partial charge in [0.1, 0.15) is 0 Å². The van der Waals surface area contributed by atoms with Crippen molar-refractivity contribution in [3.63, 3.8) is 0 Å². The highest BCUT2D eigenvalue weighted by Gasteiger charge is 2.24. The van der Waals surface area contributed by atoms with Gasteiger partial charge in [0.2, 0.25) is 0 Å². The first kappa shape index (κ1) is 18.6. The molecule has 1 heterocycles. The van der Waals surface area contributed by atoms with Gasteiger partial charge >= 0.3 is 11.8 Å². The largest absolute Gasteiger partial charge is 0.339 e. The number of benzene rings is 1. The van der Waals surface area contributed by atoms with Crippen molar-refractivity contribution in [2.24, 2.45) is 5.92 Å². The van der Waals surface area contributed by atoms with Crippen LogP contribution in [0.5, 0.6) is 0 Å². The van der Waals surface area contributed by atoms with E-state index in [9.17, 15) is 9.59 Å². The molecule has 0 aliphatic rings. The second-order valence-corrected chi connectivity index (χ2v) is 6.68. The summed E-state index contributed by atoms with van der Waals surface area (Å²) < 4.78 is 0. The Kier molecular flexibility index (Phi) is 5.91. The van der Waals surface area contributed by atoms with E-state index in [-0.39, 0.29) is 12.0 Å². The number of carbonyl (C=O) groups excluding carboxylic acids is 2. The van der Waals surface area contributed by atoms with Gasteiger partial charge in [-0.15, -0.1) is 0 Å². The topological polar surface area (TPSA) is 71.1 Å². The van der Waals surface area contributed by atoms with E-state index < -0.39 is 11.8 Å². The molecule has 25 heavy (non-hydrogen) atoms. The number of aryl methyl sites for hydroxylation is 3. The van der Waals surface area contributed by atoms with Gasteiger partial charge in [-0.3, -0.25) is 14.6 Å². The molecular weight excluding hydrogens is 314 g/mol. The molecule has 132 valence electrons. The van der Waals surface area contributed by atoms with E-state index in [1.54, 1.807) is 6.20 Å². The van der Waals surface area contributed by atoms with Gasteiger partial charge in [-0.25, -0.2) is 0 Å². The molecule has 0 unspecified atom stereocenters. The van der Waals surface area contributed by atoms with Gasteiger partial charge in [0, 0.05) is 11.9 Å². The molecule has 0 aliphatic heterocycles. The summed E-state index contributed by atoms with van der Waals surface area (Å²) in [6.07, 6.45) is 1.68. The molecule has 5 nitrogen and oxygen atoms in total. The van der Waals surface area contributed by atoms with Crippen LogP contribution >= 0.6 is 0 Å². The first-order valence-electron chi connectivity index (χ1n) is 8.40. The molecule has 1 atom stereocenters. The monoisotopic (exact) mass is 339 g/mol. The van der Waals surface area contributed by atoms with Crippen molar-refractivity contribution < 1.29 is 9.59 Å². The van der Waals surface area contributed by atoms with E-state index in [0.29, 0.717) is 5.69 Å². The molecule has 2 aromatic rings. The van der Waals surface area contributed by atoms with E-state index >= 15 is 0 Å². The van der Waals surface area contributed by atoms with Crippen LogP contribution in [-0.2, 0) is 9.59 Å². The number of nitrogens with one attached hydrogen (secondary N) is 2. The Hall–Kier alpha value is -2.69. The molecule has 1 aromatic heterocycles. The van der Waals surface area contributed by atoms with Crippen LogP contribution in [0.4, 0.5) is 5.69 Å². The number of hydrogen-bond donors (Lipinski definition) is 2. The number of carbonyl (C=O) groups is 2. The molecule has 0 aliphatic carbocycles. The third kappa shape index (κ3) is 4.66. The molecule has 2 N–H and O–H groups in total.